The summed E-state index contributed by atoms with van der Waals surface area (Å²) in [5.41, 5.74) is 1.00. The number of esters is 1. The lowest BCUT2D eigenvalue weighted by Gasteiger charge is -2.24. The fraction of sp³-hybridized carbons (Fsp3) is 0.467. The highest BCUT2D eigenvalue weighted by Crippen LogP contribution is 2.29. The fourth-order valence-corrected chi connectivity index (χ4v) is 2.84. The standard InChI is InChI=1S/C15H19ClN4O4S/c1-5-24-14(21)10-8-25-15(17-10)20(7-12(22-3)23-4)11-6-9(2)13(16)19-18-11/h6,8,12H,5,7H2,1-4H3. The van der Waals surface area contributed by atoms with Crippen molar-refractivity contribution in [2.75, 3.05) is 32.3 Å². The number of aryl methyl sites for hydroxylation is 1. The number of aromatic nitrogens is 3. The van der Waals surface area contributed by atoms with Crippen LogP contribution in [0.3, 0.4) is 0 Å². The van der Waals surface area contributed by atoms with Crippen LogP contribution < -0.4 is 4.90 Å². The zero-order valence-electron chi connectivity index (χ0n) is 14.4. The summed E-state index contributed by atoms with van der Waals surface area (Å²) in [6.45, 7) is 4.16. The molecule has 0 radical (unpaired) electrons. The van der Waals surface area contributed by atoms with E-state index in [1.807, 2.05) is 6.92 Å². The maximum absolute atomic E-state index is 11.9. The molecule has 2 heterocycles. The lowest BCUT2D eigenvalue weighted by molar-refractivity contribution is -0.0939. The molecule has 2 aromatic rings. The Balaban J connectivity index is 2.37. The molecule has 8 nitrogen and oxygen atoms in total. The van der Waals surface area contributed by atoms with Gasteiger partial charge in [-0.3, -0.25) is 4.90 Å². The third-order valence-electron chi connectivity index (χ3n) is 3.25. The maximum Gasteiger partial charge on any atom is 0.357 e. The molecule has 0 fully saturated rings. The van der Waals surface area contributed by atoms with E-state index in [-0.39, 0.29) is 12.3 Å². The fourth-order valence-electron chi connectivity index (χ4n) is 1.94. The predicted molar refractivity (Wildman–Crippen MR) is 94.7 cm³/mol. The quantitative estimate of drug-likeness (QED) is 0.505. The summed E-state index contributed by atoms with van der Waals surface area (Å²) in [6, 6.07) is 1.78. The van der Waals surface area contributed by atoms with Gasteiger partial charge in [-0.2, -0.15) is 0 Å². The van der Waals surface area contributed by atoms with E-state index < -0.39 is 12.3 Å². The Morgan fingerprint density at radius 1 is 1.36 bits per heavy atom. The average molecular weight is 387 g/mol. The maximum atomic E-state index is 11.9. The lowest BCUT2D eigenvalue weighted by Crippen LogP contribution is -2.32. The summed E-state index contributed by atoms with van der Waals surface area (Å²) in [4.78, 5) is 17.9. The first-order valence-electron chi connectivity index (χ1n) is 7.45. The number of methoxy groups -OCH3 is 2. The van der Waals surface area contributed by atoms with E-state index in [9.17, 15) is 4.79 Å². The van der Waals surface area contributed by atoms with Crippen molar-refractivity contribution in [2.24, 2.45) is 0 Å². The van der Waals surface area contributed by atoms with Gasteiger partial charge in [0.15, 0.2) is 28.1 Å². The van der Waals surface area contributed by atoms with Crippen LogP contribution in [-0.2, 0) is 14.2 Å². The van der Waals surface area contributed by atoms with E-state index in [0.29, 0.717) is 22.6 Å². The number of ether oxygens (including phenoxy) is 3. The molecule has 0 saturated heterocycles. The molecule has 10 heteroatoms. The van der Waals surface area contributed by atoms with Gasteiger partial charge >= 0.3 is 5.97 Å². The molecule has 0 bridgehead atoms. The van der Waals surface area contributed by atoms with Crippen LogP contribution in [0.15, 0.2) is 11.4 Å². The van der Waals surface area contributed by atoms with E-state index >= 15 is 0 Å². The van der Waals surface area contributed by atoms with Crippen LogP contribution in [0.1, 0.15) is 23.0 Å². The van der Waals surface area contributed by atoms with Crippen molar-refractivity contribution < 1.29 is 19.0 Å². The molecular formula is C15H19ClN4O4S. The third kappa shape index (κ3) is 4.85. The van der Waals surface area contributed by atoms with E-state index in [0.717, 1.165) is 5.56 Å². The van der Waals surface area contributed by atoms with Crippen LogP contribution in [0.25, 0.3) is 0 Å². The number of thiazole rings is 1. The number of carbonyl (C=O) groups excluding carboxylic acids is 1. The number of carbonyl (C=O) groups is 1. The van der Waals surface area contributed by atoms with Crippen LogP contribution in [0.2, 0.25) is 5.15 Å². The zero-order chi connectivity index (χ0) is 18.4. The minimum atomic E-state index is -0.521. The Bertz CT molecular complexity index is 723. The summed E-state index contributed by atoms with van der Waals surface area (Å²) in [5, 5.41) is 10.5. The number of rotatable bonds is 8. The molecule has 25 heavy (non-hydrogen) atoms. The Kier molecular flexibility index (Phi) is 7.06. The Morgan fingerprint density at radius 2 is 2.08 bits per heavy atom. The average Bonchev–Trinajstić information content (AvgIpc) is 3.09. The van der Waals surface area contributed by atoms with Crippen LogP contribution in [0, 0.1) is 6.92 Å². The molecule has 0 aliphatic heterocycles. The minimum absolute atomic E-state index is 0.233. The van der Waals surface area contributed by atoms with Crippen molar-refractivity contribution >= 4 is 39.9 Å². The van der Waals surface area contributed by atoms with E-state index in [4.69, 9.17) is 25.8 Å². The first-order chi connectivity index (χ1) is 12.0. The molecule has 0 aliphatic rings. The summed E-state index contributed by atoms with van der Waals surface area (Å²) < 4.78 is 15.5. The second kappa shape index (κ2) is 9.04. The van der Waals surface area contributed by atoms with Crippen molar-refractivity contribution in [3.63, 3.8) is 0 Å². The minimum Gasteiger partial charge on any atom is -0.461 e. The van der Waals surface area contributed by atoms with Gasteiger partial charge in [0.2, 0.25) is 0 Å². The molecule has 0 saturated carbocycles. The van der Waals surface area contributed by atoms with Crippen LogP contribution in [0.4, 0.5) is 10.9 Å². The van der Waals surface area contributed by atoms with Gasteiger partial charge in [0.1, 0.15) is 0 Å². The highest BCUT2D eigenvalue weighted by molar-refractivity contribution is 7.14. The molecule has 0 amide bonds. The van der Waals surface area contributed by atoms with Crippen molar-refractivity contribution in [2.45, 2.75) is 20.1 Å². The van der Waals surface area contributed by atoms with Gasteiger partial charge in [0, 0.05) is 19.6 Å². The molecule has 2 rings (SSSR count). The van der Waals surface area contributed by atoms with Crippen molar-refractivity contribution in [1.29, 1.82) is 0 Å². The molecule has 0 unspecified atom stereocenters. The second-order valence-electron chi connectivity index (χ2n) is 4.92. The zero-order valence-corrected chi connectivity index (χ0v) is 15.9. The first kappa shape index (κ1) is 19.5. The van der Waals surface area contributed by atoms with Gasteiger partial charge < -0.3 is 14.2 Å². The number of anilines is 2. The molecule has 0 N–H and O–H groups in total. The lowest BCUT2D eigenvalue weighted by atomic mass is 10.3. The molecule has 0 aromatic carbocycles. The summed E-state index contributed by atoms with van der Waals surface area (Å²) >= 11 is 7.24. The van der Waals surface area contributed by atoms with Gasteiger partial charge in [-0.1, -0.05) is 11.6 Å². The molecule has 0 atom stereocenters. The van der Waals surface area contributed by atoms with E-state index in [2.05, 4.69) is 15.2 Å². The highest BCUT2D eigenvalue weighted by Gasteiger charge is 2.22. The molecule has 0 aliphatic carbocycles. The predicted octanol–water partition coefficient (Wildman–Crippen LogP) is 2.83. The number of hydrogen-bond donors (Lipinski definition) is 0. The number of halogens is 1. The molecule has 2 aromatic heterocycles. The SMILES string of the molecule is CCOC(=O)c1csc(N(CC(OC)OC)c2cc(C)c(Cl)nn2)n1. The number of hydrogen-bond acceptors (Lipinski definition) is 9. The Labute approximate surface area is 154 Å². The van der Waals surface area contributed by atoms with E-state index in [1.54, 1.807) is 23.3 Å². The molecule has 136 valence electrons. The van der Waals surface area contributed by atoms with Gasteiger partial charge in [0.25, 0.3) is 0 Å². The molecule has 0 spiro atoms. The Hall–Kier alpha value is -1.81. The first-order valence-corrected chi connectivity index (χ1v) is 8.71. The van der Waals surface area contributed by atoms with Gasteiger partial charge in [-0.25, -0.2) is 9.78 Å². The molecular weight excluding hydrogens is 368 g/mol. The topological polar surface area (TPSA) is 86.7 Å². The smallest absolute Gasteiger partial charge is 0.357 e. The monoisotopic (exact) mass is 386 g/mol. The van der Waals surface area contributed by atoms with Gasteiger partial charge in [-0.05, 0) is 25.5 Å². The van der Waals surface area contributed by atoms with Crippen LogP contribution in [-0.4, -0.2) is 54.8 Å². The number of nitrogens with zero attached hydrogens (tertiary/aromatic N) is 4. The summed E-state index contributed by atoms with van der Waals surface area (Å²) in [5.74, 6) is 0.0455. The normalized spacial score (nSPS) is 11.0. The van der Waals surface area contributed by atoms with Crippen LogP contribution in [0.5, 0.6) is 0 Å². The van der Waals surface area contributed by atoms with Crippen LogP contribution >= 0.6 is 22.9 Å². The van der Waals surface area contributed by atoms with Crippen molar-refractivity contribution in [3.05, 3.63) is 27.9 Å². The van der Waals surface area contributed by atoms with Gasteiger partial charge in [0.05, 0.1) is 13.2 Å². The van der Waals surface area contributed by atoms with Crippen molar-refractivity contribution in [1.82, 2.24) is 15.2 Å². The van der Waals surface area contributed by atoms with Gasteiger partial charge in [-0.15, -0.1) is 21.5 Å². The third-order valence-corrected chi connectivity index (χ3v) is 4.49. The summed E-state index contributed by atoms with van der Waals surface area (Å²) in [7, 11) is 3.08. The summed E-state index contributed by atoms with van der Waals surface area (Å²) in [6.07, 6.45) is -0.521. The highest BCUT2D eigenvalue weighted by atomic mass is 35.5. The largest absolute Gasteiger partial charge is 0.461 e. The van der Waals surface area contributed by atoms with Crippen molar-refractivity contribution in [3.8, 4) is 0 Å². The van der Waals surface area contributed by atoms with E-state index in [1.165, 1.54) is 25.6 Å². The Morgan fingerprint density at radius 3 is 2.68 bits per heavy atom. The second-order valence-corrected chi connectivity index (χ2v) is 6.12.